The van der Waals surface area contributed by atoms with E-state index in [0.29, 0.717) is 22.8 Å². The van der Waals surface area contributed by atoms with Crippen molar-refractivity contribution in [1.29, 1.82) is 0 Å². The number of aromatic nitrogens is 4. The predicted octanol–water partition coefficient (Wildman–Crippen LogP) is 5.98. The lowest BCUT2D eigenvalue weighted by Crippen LogP contribution is -2.43. The van der Waals surface area contributed by atoms with Gasteiger partial charge in [-0.05, 0) is 79.3 Å². The van der Waals surface area contributed by atoms with Crippen LogP contribution in [0, 0.1) is 11.7 Å². The number of nitrogens with zero attached hydrogens (tertiary/aromatic N) is 5. The molecule has 1 aliphatic heterocycles. The topological polar surface area (TPSA) is 78.9 Å². The van der Waals surface area contributed by atoms with Gasteiger partial charge in [0, 0.05) is 43.5 Å². The number of hydrogen-bond acceptors (Lipinski definition) is 7. The van der Waals surface area contributed by atoms with E-state index in [2.05, 4.69) is 32.4 Å². The van der Waals surface area contributed by atoms with Crippen LogP contribution in [0.5, 0.6) is 0 Å². The van der Waals surface area contributed by atoms with E-state index in [4.69, 9.17) is 22.2 Å². The maximum absolute atomic E-state index is 13.6. The van der Waals surface area contributed by atoms with Crippen LogP contribution in [-0.2, 0) is 5.41 Å². The summed E-state index contributed by atoms with van der Waals surface area (Å²) in [5.74, 6) is 1.85. The third-order valence-corrected chi connectivity index (χ3v) is 8.67. The molecule has 2 N–H and O–H groups in total. The molecule has 2 aliphatic rings. The van der Waals surface area contributed by atoms with Crippen LogP contribution in [0.4, 0.5) is 16.2 Å². The maximum Gasteiger partial charge on any atom is 0.232 e. The van der Waals surface area contributed by atoms with E-state index >= 15 is 0 Å². The van der Waals surface area contributed by atoms with Crippen LogP contribution in [0.3, 0.4) is 0 Å². The normalized spacial score (nSPS) is 17.7. The summed E-state index contributed by atoms with van der Waals surface area (Å²) in [6.45, 7) is 4.90. The zero-order chi connectivity index (χ0) is 26.4. The molecule has 2 aromatic heterocycles. The molecule has 2 fully saturated rings. The van der Waals surface area contributed by atoms with E-state index in [9.17, 15) is 4.39 Å². The Morgan fingerprint density at radius 1 is 1.08 bits per heavy atom. The lowest BCUT2D eigenvalue weighted by Gasteiger charge is -2.38. The van der Waals surface area contributed by atoms with E-state index in [0.717, 1.165) is 73.9 Å². The van der Waals surface area contributed by atoms with Crippen LogP contribution in [0.25, 0.3) is 0 Å². The highest BCUT2D eigenvalue weighted by Crippen LogP contribution is 2.39. The number of hydrogen-bond donors (Lipinski definition) is 2. The van der Waals surface area contributed by atoms with Crippen molar-refractivity contribution in [1.82, 2.24) is 25.3 Å². The average Bonchev–Trinajstić information content (AvgIpc) is 2.94. The van der Waals surface area contributed by atoms with Crippen LogP contribution in [-0.4, -0.2) is 44.7 Å². The minimum atomic E-state index is -0.209. The van der Waals surface area contributed by atoms with Gasteiger partial charge in [0.15, 0.2) is 10.3 Å². The fourth-order valence-corrected chi connectivity index (χ4v) is 6.22. The summed E-state index contributed by atoms with van der Waals surface area (Å²) in [5, 5.41) is 8.54. The van der Waals surface area contributed by atoms with Crippen LogP contribution < -0.4 is 15.5 Å². The first-order valence-corrected chi connectivity index (χ1v) is 14.6. The van der Waals surface area contributed by atoms with Crippen molar-refractivity contribution in [2.24, 2.45) is 5.92 Å². The Labute approximate surface area is 233 Å². The smallest absolute Gasteiger partial charge is 0.232 e. The fraction of sp³-hybridized carbons (Fsp3) is 0.464. The van der Waals surface area contributed by atoms with Crippen LogP contribution in [0.2, 0.25) is 0 Å². The molecule has 1 aliphatic carbocycles. The molecule has 0 atom stereocenters. The van der Waals surface area contributed by atoms with Gasteiger partial charge in [0.2, 0.25) is 5.95 Å². The highest BCUT2D eigenvalue weighted by molar-refractivity contribution is 7.99. The zero-order valence-electron chi connectivity index (χ0n) is 21.7. The number of anilines is 2. The van der Waals surface area contributed by atoms with Crippen molar-refractivity contribution in [3.05, 3.63) is 60.2 Å². The summed E-state index contributed by atoms with van der Waals surface area (Å²) in [5.41, 5.74) is 1.09. The Balaban J connectivity index is 1.32. The molecule has 7 nitrogen and oxygen atoms in total. The Hall–Kier alpha value is -2.85. The molecule has 200 valence electrons. The van der Waals surface area contributed by atoms with Gasteiger partial charge in [0.05, 0.1) is 0 Å². The molecule has 0 bridgehead atoms. The Morgan fingerprint density at radius 2 is 1.79 bits per heavy atom. The second-order valence-corrected chi connectivity index (χ2v) is 11.7. The van der Waals surface area contributed by atoms with Crippen molar-refractivity contribution in [2.75, 3.05) is 29.9 Å². The fourth-order valence-electron chi connectivity index (χ4n) is 5.35. The summed E-state index contributed by atoms with van der Waals surface area (Å²) >= 11 is 7.11. The second-order valence-electron chi connectivity index (χ2n) is 10.3. The van der Waals surface area contributed by atoms with E-state index < -0.39 is 0 Å². The van der Waals surface area contributed by atoms with E-state index in [1.165, 1.54) is 18.2 Å². The average molecular weight is 552 g/mol. The van der Waals surface area contributed by atoms with Gasteiger partial charge in [-0.15, -0.1) is 0 Å². The van der Waals surface area contributed by atoms with Gasteiger partial charge in [0.1, 0.15) is 16.7 Å². The van der Waals surface area contributed by atoms with Crippen LogP contribution >= 0.6 is 24.0 Å². The lowest BCUT2D eigenvalue weighted by molar-refractivity contribution is 0.292. The van der Waals surface area contributed by atoms with Gasteiger partial charge in [-0.3, -0.25) is 0 Å². The summed E-state index contributed by atoms with van der Waals surface area (Å²) < 4.78 is 13.6. The van der Waals surface area contributed by atoms with Gasteiger partial charge in [-0.2, -0.15) is 4.98 Å². The summed E-state index contributed by atoms with van der Waals surface area (Å²) in [7, 11) is 0. The van der Waals surface area contributed by atoms with Crippen molar-refractivity contribution in [2.45, 2.75) is 67.5 Å². The first-order valence-electron chi connectivity index (χ1n) is 13.4. The molecule has 5 rings (SSSR count). The molecule has 3 aromatic rings. The molecule has 3 heterocycles. The summed E-state index contributed by atoms with van der Waals surface area (Å²) in [6, 6.07) is 10.7. The number of halogens is 1. The molecule has 38 heavy (non-hydrogen) atoms. The molecular formula is C28H34FN7S2. The molecule has 0 radical (unpaired) electrons. The van der Waals surface area contributed by atoms with Gasteiger partial charge in [0.25, 0.3) is 0 Å². The Morgan fingerprint density at radius 3 is 2.50 bits per heavy atom. The predicted molar refractivity (Wildman–Crippen MR) is 154 cm³/mol. The van der Waals surface area contributed by atoms with E-state index in [1.54, 1.807) is 30.6 Å². The van der Waals surface area contributed by atoms with Crippen molar-refractivity contribution in [3.63, 3.8) is 0 Å². The first-order chi connectivity index (χ1) is 18.5. The summed E-state index contributed by atoms with van der Waals surface area (Å²) in [4.78, 5) is 20.5. The third-order valence-electron chi connectivity index (χ3n) is 7.61. The largest absolute Gasteiger partial charge is 0.361 e. The molecule has 1 saturated heterocycles. The molecule has 10 heteroatoms. The van der Waals surface area contributed by atoms with E-state index in [-0.39, 0.29) is 11.2 Å². The number of piperidine rings is 1. The maximum atomic E-state index is 13.6. The monoisotopic (exact) mass is 551 g/mol. The zero-order valence-corrected chi connectivity index (χ0v) is 23.3. The Bertz CT molecular complexity index is 1210. The number of nitrogens with one attached hydrogen (secondary N) is 2. The molecule has 1 aromatic carbocycles. The van der Waals surface area contributed by atoms with E-state index in [1.807, 2.05) is 18.2 Å². The molecular weight excluding hydrogens is 517 g/mol. The van der Waals surface area contributed by atoms with Gasteiger partial charge in [-0.25, -0.2) is 19.3 Å². The molecule has 0 spiro atoms. The molecule has 1 saturated carbocycles. The van der Waals surface area contributed by atoms with Crippen molar-refractivity contribution < 1.29 is 4.39 Å². The standard InChI is InChI=1S/C28H34FN7S2/c1-20-10-16-36(17-11-20)23-18-24(38-27-30-14-5-15-31-27)34-25(33-23)35-26(37)32-19-28(12-3-2-4-13-28)21-6-8-22(29)9-7-21/h5-9,14-15,18,20H,2-4,10-13,16-17,19H2,1H3,(H2,32,33,34,35,37). The first kappa shape index (κ1) is 26.7. The van der Waals surface area contributed by atoms with Gasteiger partial charge >= 0.3 is 0 Å². The highest BCUT2D eigenvalue weighted by atomic mass is 32.2. The molecule has 0 unspecified atom stereocenters. The minimum absolute atomic E-state index is 0.0729. The minimum Gasteiger partial charge on any atom is -0.361 e. The highest BCUT2D eigenvalue weighted by Gasteiger charge is 2.34. The molecule has 0 amide bonds. The van der Waals surface area contributed by atoms with Crippen LogP contribution in [0.1, 0.15) is 57.4 Å². The number of benzene rings is 1. The van der Waals surface area contributed by atoms with Crippen molar-refractivity contribution >= 4 is 40.9 Å². The van der Waals surface area contributed by atoms with Crippen LogP contribution in [0.15, 0.2) is 59.0 Å². The number of thiocarbonyl (C=S) groups is 1. The second kappa shape index (κ2) is 12.3. The third kappa shape index (κ3) is 6.77. The number of rotatable bonds is 7. The SMILES string of the molecule is CC1CCN(c2cc(Sc3ncccn3)nc(NC(=S)NCC3(c4ccc(F)cc4)CCCCC3)n2)CC1. The van der Waals surface area contributed by atoms with Gasteiger partial charge < -0.3 is 15.5 Å². The van der Waals surface area contributed by atoms with Crippen molar-refractivity contribution in [3.8, 4) is 0 Å². The summed E-state index contributed by atoms with van der Waals surface area (Å²) in [6.07, 6.45) is 11.4. The lowest BCUT2D eigenvalue weighted by atomic mass is 9.69. The Kier molecular flexibility index (Phi) is 8.68. The van der Waals surface area contributed by atoms with Gasteiger partial charge in [-0.1, -0.05) is 38.3 Å². The quantitative estimate of drug-likeness (QED) is 0.209.